The first-order valence-electron chi connectivity index (χ1n) is 8.27. The van der Waals surface area contributed by atoms with Gasteiger partial charge >= 0.3 is 0 Å². The predicted octanol–water partition coefficient (Wildman–Crippen LogP) is -0.0574. The molecule has 21 heavy (non-hydrogen) atoms. The molecule has 0 saturated carbocycles. The Labute approximate surface area is 128 Å². The zero-order valence-electron chi connectivity index (χ0n) is 13.0. The second-order valence-corrected chi connectivity index (χ2v) is 8.60. The fourth-order valence-corrected chi connectivity index (χ4v) is 5.34. The van der Waals surface area contributed by atoms with Gasteiger partial charge in [0.1, 0.15) is 0 Å². The van der Waals surface area contributed by atoms with E-state index in [2.05, 4.69) is 17.1 Å². The smallest absolute Gasteiger partial charge is 0.282 e. The van der Waals surface area contributed by atoms with Crippen molar-refractivity contribution in [1.82, 2.24) is 18.8 Å². The third-order valence-corrected chi connectivity index (χ3v) is 7.19. The Kier molecular flexibility index (Phi) is 4.85. The van der Waals surface area contributed by atoms with Crippen LogP contribution in [0, 0.1) is 5.92 Å². The molecule has 1 unspecified atom stereocenters. The molecule has 0 aromatic carbocycles. The van der Waals surface area contributed by atoms with Crippen molar-refractivity contribution in [3.05, 3.63) is 0 Å². The summed E-state index contributed by atoms with van der Waals surface area (Å²) >= 11 is 0. The molecule has 3 rings (SSSR count). The Balaban J connectivity index is 1.59. The second kappa shape index (κ2) is 6.50. The van der Waals surface area contributed by atoms with E-state index in [0.29, 0.717) is 38.1 Å². The average Bonchev–Trinajstić information content (AvgIpc) is 2.99. The fourth-order valence-electron chi connectivity index (χ4n) is 3.64. The van der Waals surface area contributed by atoms with Crippen LogP contribution < -0.4 is 5.32 Å². The van der Waals surface area contributed by atoms with Gasteiger partial charge in [0.2, 0.25) is 0 Å². The summed E-state index contributed by atoms with van der Waals surface area (Å²) in [4.78, 5) is 2.45. The number of piperidine rings is 1. The monoisotopic (exact) mass is 316 g/mol. The minimum atomic E-state index is -3.23. The summed E-state index contributed by atoms with van der Waals surface area (Å²) in [6.07, 6.45) is 2.96. The molecule has 0 radical (unpaired) electrons. The van der Waals surface area contributed by atoms with Gasteiger partial charge in [-0.25, -0.2) is 0 Å². The van der Waals surface area contributed by atoms with Gasteiger partial charge in [0.05, 0.1) is 0 Å². The van der Waals surface area contributed by atoms with Crippen LogP contribution in [0.15, 0.2) is 0 Å². The lowest BCUT2D eigenvalue weighted by molar-refractivity contribution is 0.178. The van der Waals surface area contributed by atoms with Crippen LogP contribution in [0.1, 0.15) is 26.2 Å². The molecule has 0 spiro atoms. The maximum absolute atomic E-state index is 12.7. The Hall–Kier alpha value is -0.210. The quantitative estimate of drug-likeness (QED) is 0.793. The topological polar surface area (TPSA) is 55.9 Å². The molecule has 1 N–H and O–H groups in total. The lowest BCUT2D eigenvalue weighted by Gasteiger charge is -2.34. The molecule has 0 bridgehead atoms. The maximum Gasteiger partial charge on any atom is 0.282 e. The van der Waals surface area contributed by atoms with Gasteiger partial charge < -0.3 is 5.32 Å². The third-order valence-electron chi connectivity index (χ3n) is 5.19. The van der Waals surface area contributed by atoms with Crippen molar-refractivity contribution in [3.63, 3.8) is 0 Å². The molecular weight excluding hydrogens is 288 g/mol. The molecular formula is C14H28N4O2S. The first-order valence-corrected chi connectivity index (χ1v) is 9.67. The first kappa shape index (κ1) is 15.7. The number of rotatable bonds is 3. The Bertz CT molecular complexity index is 442. The summed E-state index contributed by atoms with van der Waals surface area (Å²) in [5, 5.41) is 3.35. The molecule has 0 amide bonds. The average molecular weight is 316 g/mol. The molecule has 0 aromatic heterocycles. The largest absolute Gasteiger partial charge is 0.314 e. The highest BCUT2D eigenvalue weighted by Gasteiger charge is 2.38. The van der Waals surface area contributed by atoms with Crippen molar-refractivity contribution in [2.24, 2.45) is 5.92 Å². The number of nitrogens with zero attached hydrogens (tertiary/aromatic N) is 3. The molecule has 3 fully saturated rings. The number of nitrogens with one attached hydrogen (secondary N) is 1. The van der Waals surface area contributed by atoms with Crippen molar-refractivity contribution in [2.45, 2.75) is 32.2 Å². The van der Waals surface area contributed by atoms with E-state index in [1.165, 1.54) is 0 Å². The lowest BCUT2D eigenvalue weighted by Crippen LogP contribution is -2.50. The van der Waals surface area contributed by atoms with Gasteiger partial charge in [0.25, 0.3) is 10.2 Å². The summed E-state index contributed by atoms with van der Waals surface area (Å²) in [7, 11) is -3.23. The van der Waals surface area contributed by atoms with Crippen LogP contribution in [-0.2, 0) is 10.2 Å². The van der Waals surface area contributed by atoms with Gasteiger partial charge in [-0.1, -0.05) is 6.92 Å². The van der Waals surface area contributed by atoms with Gasteiger partial charge in [-0.05, 0) is 25.2 Å². The second-order valence-electron chi connectivity index (χ2n) is 6.68. The molecule has 3 saturated heterocycles. The predicted molar refractivity (Wildman–Crippen MR) is 83.3 cm³/mol. The maximum atomic E-state index is 12.7. The van der Waals surface area contributed by atoms with E-state index in [1.54, 1.807) is 8.61 Å². The molecule has 3 aliphatic rings. The molecule has 6 nitrogen and oxygen atoms in total. The molecule has 3 heterocycles. The van der Waals surface area contributed by atoms with Crippen LogP contribution in [0.2, 0.25) is 0 Å². The van der Waals surface area contributed by atoms with E-state index in [0.717, 1.165) is 45.4 Å². The minimum absolute atomic E-state index is 0.408. The van der Waals surface area contributed by atoms with Crippen molar-refractivity contribution in [1.29, 1.82) is 0 Å². The van der Waals surface area contributed by atoms with E-state index in [1.807, 2.05) is 0 Å². The molecule has 1 atom stereocenters. The Morgan fingerprint density at radius 1 is 0.905 bits per heavy atom. The zero-order chi connectivity index (χ0) is 14.9. The van der Waals surface area contributed by atoms with E-state index in [9.17, 15) is 8.42 Å². The van der Waals surface area contributed by atoms with Gasteiger partial charge in [-0.2, -0.15) is 17.0 Å². The SMILES string of the molecule is CC1CCN(S(=O)(=O)N2CCC(N3CCNCC3)C2)CC1. The highest BCUT2D eigenvalue weighted by atomic mass is 32.2. The number of piperazine rings is 1. The highest BCUT2D eigenvalue weighted by molar-refractivity contribution is 7.86. The van der Waals surface area contributed by atoms with Crippen LogP contribution >= 0.6 is 0 Å². The van der Waals surface area contributed by atoms with Crippen LogP contribution in [0.5, 0.6) is 0 Å². The summed E-state index contributed by atoms with van der Waals surface area (Å²) in [6, 6.07) is 0.408. The van der Waals surface area contributed by atoms with Crippen molar-refractivity contribution < 1.29 is 8.42 Å². The number of hydrogen-bond donors (Lipinski definition) is 1. The lowest BCUT2D eigenvalue weighted by atomic mass is 10.0. The van der Waals surface area contributed by atoms with Crippen molar-refractivity contribution in [2.75, 3.05) is 52.4 Å². The summed E-state index contributed by atoms with van der Waals surface area (Å²) < 4.78 is 28.9. The highest BCUT2D eigenvalue weighted by Crippen LogP contribution is 2.25. The molecule has 0 aromatic rings. The zero-order valence-corrected chi connectivity index (χ0v) is 13.8. The fraction of sp³-hybridized carbons (Fsp3) is 1.00. The molecule has 122 valence electrons. The van der Waals surface area contributed by atoms with Gasteiger partial charge in [0.15, 0.2) is 0 Å². The normalized spacial score (nSPS) is 31.8. The molecule has 7 heteroatoms. The molecule has 0 aliphatic carbocycles. The van der Waals surface area contributed by atoms with Gasteiger partial charge in [-0.15, -0.1) is 0 Å². The van der Waals surface area contributed by atoms with Crippen LogP contribution in [-0.4, -0.2) is 80.3 Å². The third kappa shape index (κ3) is 3.42. The Morgan fingerprint density at radius 3 is 2.19 bits per heavy atom. The van der Waals surface area contributed by atoms with Crippen molar-refractivity contribution in [3.8, 4) is 0 Å². The molecule has 3 aliphatic heterocycles. The Morgan fingerprint density at radius 2 is 1.52 bits per heavy atom. The standard InChI is InChI=1S/C14H28N4O2S/c1-13-2-7-17(8-3-13)21(19,20)18-9-4-14(12-18)16-10-5-15-6-11-16/h13-15H,2-12H2,1H3. The minimum Gasteiger partial charge on any atom is -0.314 e. The van der Waals surface area contributed by atoms with Crippen molar-refractivity contribution >= 4 is 10.2 Å². The summed E-state index contributed by atoms with van der Waals surface area (Å²) in [5.41, 5.74) is 0. The van der Waals surface area contributed by atoms with E-state index in [4.69, 9.17) is 0 Å². The first-order chi connectivity index (χ1) is 10.1. The van der Waals surface area contributed by atoms with Gasteiger partial charge in [-0.3, -0.25) is 4.90 Å². The van der Waals surface area contributed by atoms with Crippen LogP contribution in [0.3, 0.4) is 0 Å². The summed E-state index contributed by atoms with van der Waals surface area (Å²) in [6.45, 7) is 9.08. The van der Waals surface area contributed by atoms with Crippen LogP contribution in [0.4, 0.5) is 0 Å². The summed E-state index contributed by atoms with van der Waals surface area (Å²) in [5.74, 6) is 0.656. The van der Waals surface area contributed by atoms with E-state index >= 15 is 0 Å². The van der Waals surface area contributed by atoms with E-state index in [-0.39, 0.29) is 0 Å². The number of hydrogen-bond acceptors (Lipinski definition) is 4. The van der Waals surface area contributed by atoms with E-state index < -0.39 is 10.2 Å². The van der Waals surface area contributed by atoms with Gasteiger partial charge in [0, 0.05) is 58.4 Å². The van der Waals surface area contributed by atoms with Crippen LogP contribution in [0.25, 0.3) is 0 Å².